The Hall–Kier alpha value is -3.62. The van der Waals surface area contributed by atoms with Crippen LogP contribution in [0.2, 0.25) is 0 Å². The van der Waals surface area contributed by atoms with E-state index in [1.807, 2.05) is 0 Å². The van der Waals surface area contributed by atoms with E-state index in [1.165, 1.54) is 32.9 Å². The first-order valence-electron chi connectivity index (χ1n) is 8.70. The highest BCUT2D eigenvalue weighted by Gasteiger charge is 2.27. The van der Waals surface area contributed by atoms with Gasteiger partial charge in [-0.1, -0.05) is 0 Å². The Bertz CT molecular complexity index is 1040. The van der Waals surface area contributed by atoms with E-state index in [0.29, 0.717) is 39.8 Å². The topological polar surface area (TPSA) is 101 Å². The first-order chi connectivity index (χ1) is 13.8. The molecule has 0 aliphatic carbocycles. The molecule has 0 bridgehead atoms. The minimum atomic E-state index is -0.608. The van der Waals surface area contributed by atoms with E-state index < -0.39 is 5.97 Å². The van der Waals surface area contributed by atoms with Gasteiger partial charge in [0.2, 0.25) is 17.6 Å². The van der Waals surface area contributed by atoms with Crippen molar-refractivity contribution in [2.24, 2.45) is 4.99 Å². The van der Waals surface area contributed by atoms with Crippen LogP contribution in [0.5, 0.6) is 17.2 Å². The number of methoxy groups -OCH3 is 3. The zero-order valence-corrected chi connectivity index (χ0v) is 17.0. The molecule has 1 aliphatic heterocycles. The molecule has 0 atom stereocenters. The molecule has 9 nitrogen and oxygen atoms in total. The van der Waals surface area contributed by atoms with Crippen molar-refractivity contribution < 1.29 is 28.5 Å². The van der Waals surface area contributed by atoms with Crippen molar-refractivity contribution in [3.63, 3.8) is 0 Å². The molecule has 29 heavy (non-hydrogen) atoms. The second kappa shape index (κ2) is 7.78. The average molecular weight is 399 g/mol. The Labute approximate surface area is 167 Å². The maximum atomic E-state index is 12.4. The van der Waals surface area contributed by atoms with E-state index in [0.717, 1.165) is 0 Å². The maximum absolute atomic E-state index is 12.4. The van der Waals surface area contributed by atoms with Gasteiger partial charge in [0.1, 0.15) is 0 Å². The van der Waals surface area contributed by atoms with E-state index in [2.05, 4.69) is 10.1 Å². The summed E-state index contributed by atoms with van der Waals surface area (Å²) in [6.45, 7) is 4.92. The van der Waals surface area contributed by atoms with Crippen molar-refractivity contribution >= 4 is 23.9 Å². The lowest BCUT2D eigenvalue weighted by Gasteiger charge is -2.13. The highest BCUT2D eigenvalue weighted by molar-refractivity contribution is 6.13. The normalized spacial score (nSPS) is 14.6. The van der Waals surface area contributed by atoms with Crippen LogP contribution < -0.4 is 14.2 Å². The molecule has 1 aliphatic rings. The smallest absolute Gasteiger partial charge is 0.363 e. The Morgan fingerprint density at radius 2 is 1.72 bits per heavy atom. The second-order valence-corrected chi connectivity index (χ2v) is 6.27. The summed E-state index contributed by atoms with van der Waals surface area (Å²) in [5.74, 6) is 0.519. The number of carbonyl (C=O) groups excluding carboxylic acids is 2. The molecule has 0 unspecified atom stereocenters. The fraction of sp³-hybridized carbons (Fsp3) is 0.300. The van der Waals surface area contributed by atoms with Crippen LogP contribution in [0.25, 0.3) is 6.08 Å². The Morgan fingerprint density at radius 1 is 1.10 bits per heavy atom. The summed E-state index contributed by atoms with van der Waals surface area (Å²) in [4.78, 5) is 28.4. The number of aryl methyl sites for hydroxylation is 1. The van der Waals surface area contributed by atoms with Gasteiger partial charge in [-0.25, -0.2) is 14.5 Å². The Kier molecular flexibility index (Phi) is 5.40. The lowest BCUT2D eigenvalue weighted by Crippen LogP contribution is -2.09. The van der Waals surface area contributed by atoms with Crippen molar-refractivity contribution in [1.82, 2.24) is 9.78 Å². The number of aliphatic imine (C=N–C) groups is 1. The van der Waals surface area contributed by atoms with Gasteiger partial charge in [-0.15, -0.1) is 0 Å². The fourth-order valence-corrected chi connectivity index (χ4v) is 3.04. The molecule has 0 saturated carbocycles. The largest absolute Gasteiger partial charge is 0.493 e. The summed E-state index contributed by atoms with van der Waals surface area (Å²) in [6.07, 6.45) is 1.56. The molecule has 1 aromatic heterocycles. The minimum absolute atomic E-state index is 0.100. The third-order valence-corrected chi connectivity index (χ3v) is 4.46. The van der Waals surface area contributed by atoms with Crippen molar-refractivity contribution in [2.45, 2.75) is 20.8 Å². The molecule has 152 valence electrons. The summed E-state index contributed by atoms with van der Waals surface area (Å²) >= 11 is 0. The van der Waals surface area contributed by atoms with E-state index in [-0.39, 0.29) is 17.5 Å². The fourth-order valence-electron chi connectivity index (χ4n) is 3.04. The summed E-state index contributed by atoms with van der Waals surface area (Å²) in [5, 5.41) is 4.19. The standard InChI is InChI=1S/C20H21N3O6/c1-10-14(11(2)23(22-10)12(3)24)9-15-20(25)29-19(21-15)13-7-16(26-4)18(28-6)17(8-13)27-5/h7-9H,1-6H3. The van der Waals surface area contributed by atoms with E-state index in [4.69, 9.17) is 18.9 Å². The molecule has 3 rings (SSSR count). The van der Waals surface area contributed by atoms with Crippen molar-refractivity contribution in [3.05, 3.63) is 40.3 Å². The molecule has 0 N–H and O–H groups in total. The molecular formula is C20H21N3O6. The van der Waals surface area contributed by atoms with Gasteiger partial charge >= 0.3 is 5.97 Å². The summed E-state index contributed by atoms with van der Waals surface area (Å²) in [6, 6.07) is 3.28. The quantitative estimate of drug-likeness (QED) is 0.562. The number of carbonyl (C=O) groups is 2. The van der Waals surface area contributed by atoms with Crippen LogP contribution in [0.15, 0.2) is 22.8 Å². The molecule has 0 radical (unpaired) electrons. The second-order valence-electron chi connectivity index (χ2n) is 6.27. The molecule has 2 heterocycles. The SMILES string of the molecule is COc1cc(C2=NC(=Cc3c(C)nn(C(C)=O)c3C)C(=O)O2)cc(OC)c1OC. The molecule has 0 amide bonds. The summed E-state index contributed by atoms with van der Waals surface area (Å²) in [7, 11) is 4.49. The van der Waals surface area contributed by atoms with Gasteiger partial charge in [0.25, 0.3) is 0 Å². The van der Waals surface area contributed by atoms with Gasteiger partial charge < -0.3 is 18.9 Å². The number of nitrogens with zero attached hydrogens (tertiary/aromatic N) is 3. The summed E-state index contributed by atoms with van der Waals surface area (Å²) < 4.78 is 22.6. The van der Waals surface area contributed by atoms with Crippen LogP contribution in [0, 0.1) is 13.8 Å². The highest BCUT2D eigenvalue weighted by Crippen LogP contribution is 2.39. The van der Waals surface area contributed by atoms with Crippen molar-refractivity contribution in [3.8, 4) is 17.2 Å². The molecule has 0 fully saturated rings. The first kappa shape index (κ1) is 20.1. The van der Waals surface area contributed by atoms with Gasteiger partial charge in [0, 0.05) is 18.1 Å². The van der Waals surface area contributed by atoms with Crippen LogP contribution in [0.4, 0.5) is 0 Å². The maximum Gasteiger partial charge on any atom is 0.363 e. The van der Waals surface area contributed by atoms with Crippen LogP contribution in [0.3, 0.4) is 0 Å². The Morgan fingerprint density at radius 3 is 2.21 bits per heavy atom. The number of aromatic nitrogens is 2. The molecule has 0 saturated heterocycles. The first-order valence-corrected chi connectivity index (χ1v) is 8.70. The summed E-state index contributed by atoms with van der Waals surface area (Å²) in [5.41, 5.74) is 2.45. The number of rotatable bonds is 5. The van der Waals surface area contributed by atoms with Gasteiger partial charge in [-0.2, -0.15) is 5.10 Å². The minimum Gasteiger partial charge on any atom is -0.493 e. The molecule has 2 aromatic rings. The molecule has 0 spiro atoms. The van der Waals surface area contributed by atoms with E-state index in [1.54, 1.807) is 32.1 Å². The number of ether oxygens (including phenoxy) is 4. The number of hydrogen-bond donors (Lipinski definition) is 0. The zero-order chi connectivity index (χ0) is 21.3. The third-order valence-electron chi connectivity index (χ3n) is 4.46. The zero-order valence-electron chi connectivity index (χ0n) is 17.0. The average Bonchev–Trinajstić information content (AvgIpc) is 3.21. The van der Waals surface area contributed by atoms with Gasteiger partial charge in [-0.05, 0) is 32.1 Å². The van der Waals surface area contributed by atoms with Gasteiger partial charge in [0.15, 0.2) is 17.2 Å². The molecule has 1 aromatic carbocycles. The van der Waals surface area contributed by atoms with E-state index in [9.17, 15) is 9.59 Å². The highest BCUT2D eigenvalue weighted by atomic mass is 16.6. The molecule has 9 heteroatoms. The Balaban J connectivity index is 2.06. The predicted molar refractivity (Wildman–Crippen MR) is 105 cm³/mol. The molecular weight excluding hydrogens is 378 g/mol. The van der Waals surface area contributed by atoms with Crippen LogP contribution in [-0.2, 0) is 9.53 Å². The number of hydrogen-bond acceptors (Lipinski definition) is 8. The van der Waals surface area contributed by atoms with Gasteiger partial charge in [0.05, 0.1) is 32.7 Å². The monoisotopic (exact) mass is 399 g/mol. The van der Waals surface area contributed by atoms with Crippen LogP contribution in [-0.4, -0.2) is 48.9 Å². The van der Waals surface area contributed by atoms with Crippen molar-refractivity contribution in [2.75, 3.05) is 21.3 Å². The number of esters is 1. The predicted octanol–water partition coefficient (Wildman–Crippen LogP) is 2.53. The van der Waals surface area contributed by atoms with E-state index >= 15 is 0 Å². The van der Waals surface area contributed by atoms with Crippen molar-refractivity contribution in [1.29, 1.82) is 0 Å². The lowest BCUT2D eigenvalue weighted by molar-refractivity contribution is -0.129. The van der Waals surface area contributed by atoms with Crippen LogP contribution in [0.1, 0.15) is 34.2 Å². The number of cyclic esters (lactones) is 1. The van der Waals surface area contributed by atoms with Crippen LogP contribution >= 0.6 is 0 Å². The lowest BCUT2D eigenvalue weighted by atomic mass is 10.1. The van der Waals surface area contributed by atoms with Gasteiger partial charge in [-0.3, -0.25) is 4.79 Å². The number of benzene rings is 1. The third kappa shape index (κ3) is 3.58.